The topological polar surface area (TPSA) is 84.2 Å². The van der Waals surface area contributed by atoms with Gasteiger partial charge in [-0.1, -0.05) is 17.7 Å². The minimum atomic E-state index is -0.926. The number of anilines is 1. The van der Waals surface area contributed by atoms with Gasteiger partial charge in [-0.25, -0.2) is 0 Å². The predicted octanol–water partition coefficient (Wildman–Crippen LogP) is 1.92. The summed E-state index contributed by atoms with van der Waals surface area (Å²) in [6.07, 6.45) is 1.40. The zero-order chi connectivity index (χ0) is 14.5. The normalized spacial score (nSPS) is 10.2. The molecule has 0 radical (unpaired) electrons. The lowest BCUT2D eigenvalue weighted by Gasteiger charge is -2.07. The van der Waals surface area contributed by atoms with Crippen molar-refractivity contribution in [1.29, 1.82) is 0 Å². The van der Waals surface area contributed by atoms with E-state index >= 15 is 0 Å². The van der Waals surface area contributed by atoms with Crippen LogP contribution in [0.15, 0.2) is 36.5 Å². The second kappa shape index (κ2) is 6.01. The average Bonchev–Trinajstić information content (AvgIpc) is 2.87. The van der Waals surface area contributed by atoms with Crippen LogP contribution in [0.1, 0.15) is 22.5 Å². The zero-order valence-electron chi connectivity index (χ0n) is 11.0. The molecule has 2 aromatic rings. The number of hydrogen-bond acceptors (Lipinski definition) is 3. The van der Waals surface area contributed by atoms with Crippen LogP contribution in [-0.4, -0.2) is 26.8 Å². The van der Waals surface area contributed by atoms with Gasteiger partial charge in [-0.15, -0.1) is 0 Å². The number of amides is 1. The van der Waals surface area contributed by atoms with Crippen molar-refractivity contribution < 1.29 is 14.7 Å². The fourth-order valence-electron chi connectivity index (χ4n) is 1.74. The van der Waals surface area contributed by atoms with E-state index in [1.54, 1.807) is 6.07 Å². The molecule has 2 rings (SSSR count). The molecule has 0 saturated carbocycles. The molecule has 0 aliphatic rings. The number of nitrogens with one attached hydrogen (secondary N) is 1. The van der Waals surface area contributed by atoms with Crippen LogP contribution in [0.2, 0.25) is 0 Å². The van der Waals surface area contributed by atoms with Crippen LogP contribution < -0.4 is 5.32 Å². The number of rotatable bonds is 5. The molecule has 1 heterocycles. The van der Waals surface area contributed by atoms with Gasteiger partial charge in [0.05, 0.1) is 13.0 Å². The molecule has 6 heteroatoms. The smallest absolute Gasteiger partial charge is 0.305 e. The Bertz CT molecular complexity index is 617. The Labute approximate surface area is 116 Å². The molecular formula is C14H15N3O3. The summed E-state index contributed by atoms with van der Waals surface area (Å²) in [6.45, 7) is 2.13. The van der Waals surface area contributed by atoms with Crippen LogP contribution >= 0.6 is 0 Å². The highest BCUT2D eigenvalue weighted by atomic mass is 16.4. The Morgan fingerprint density at radius 2 is 1.95 bits per heavy atom. The van der Waals surface area contributed by atoms with Gasteiger partial charge in [0.2, 0.25) is 0 Å². The quantitative estimate of drug-likeness (QED) is 0.871. The first-order chi connectivity index (χ1) is 9.56. The SMILES string of the molecule is Cc1ccc(NC(=O)c2ccnn2CCC(=O)O)cc1. The van der Waals surface area contributed by atoms with E-state index < -0.39 is 5.97 Å². The summed E-state index contributed by atoms with van der Waals surface area (Å²) in [4.78, 5) is 22.7. The highest BCUT2D eigenvalue weighted by Gasteiger charge is 2.12. The molecular weight excluding hydrogens is 258 g/mol. The first-order valence-electron chi connectivity index (χ1n) is 6.18. The number of carboxylic acid groups (broad SMARTS) is 1. The van der Waals surface area contributed by atoms with E-state index in [9.17, 15) is 9.59 Å². The minimum absolute atomic E-state index is 0.0769. The number of carboxylic acids is 1. The lowest BCUT2D eigenvalue weighted by molar-refractivity contribution is -0.137. The van der Waals surface area contributed by atoms with E-state index in [1.807, 2.05) is 31.2 Å². The Hall–Kier alpha value is -2.63. The highest BCUT2D eigenvalue weighted by molar-refractivity contribution is 6.03. The molecule has 1 aromatic heterocycles. The first kappa shape index (κ1) is 13.8. The minimum Gasteiger partial charge on any atom is -0.481 e. The Morgan fingerprint density at radius 3 is 2.60 bits per heavy atom. The maximum absolute atomic E-state index is 12.1. The number of aliphatic carboxylic acids is 1. The standard InChI is InChI=1S/C14H15N3O3/c1-10-2-4-11(5-3-10)16-14(20)12-6-8-15-17(12)9-7-13(18)19/h2-6,8H,7,9H2,1H3,(H,16,20)(H,18,19). The average molecular weight is 273 g/mol. The fraction of sp³-hybridized carbons (Fsp3) is 0.214. The number of aryl methyl sites for hydroxylation is 2. The number of carbonyl (C=O) groups excluding carboxylic acids is 1. The van der Waals surface area contributed by atoms with Crippen molar-refractivity contribution in [2.45, 2.75) is 19.9 Å². The maximum Gasteiger partial charge on any atom is 0.305 e. The van der Waals surface area contributed by atoms with Crippen LogP contribution in [-0.2, 0) is 11.3 Å². The summed E-state index contributed by atoms with van der Waals surface area (Å²) < 4.78 is 1.39. The molecule has 6 nitrogen and oxygen atoms in total. The maximum atomic E-state index is 12.1. The van der Waals surface area contributed by atoms with Crippen molar-refractivity contribution in [3.63, 3.8) is 0 Å². The number of benzene rings is 1. The van der Waals surface area contributed by atoms with Gasteiger partial charge in [0.1, 0.15) is 5.69 Å². The molecule has 20 heavy (non-hydrogen) atoms. The van der Waals surface area contributed by atoms with Crippen molar-refractivity contribution in [1.82, 2.24) is 9.78 Å². The summed E-state index contributed by atoms with van der Waals surface area (Å²) in [5.74, 6) is -1.23. The summed E-state index contributed by atoms with van der Waals surface area (Å²) in [5.41, 5.74) is 2.13. The van der Waals surface area contributed by atoms with Crippen LogP contribution in [0.5, 0.6) is 0 Å². The van der Waals surface area contributed by atoms with Crippen molar-refractivity contribution in [3.05, 3.63) is 47.8 Å². The molecule has 1 amide bonds. The van der Waals surface area contributed by atoms with Gasteiger partial charge in [-0.3, -0.25) is 14.3 Å². The molecule has 0 aliphatic carbocycles. The van der Waals surface area contributed by atoms with Crippen molar-refractivity contribution >= 4 is 17.6 Å². The third-order valence-electron chi connectivity index (χ3n) is 2.80. The highest BCUT2D eigenvalue weighted by Crippen LogP contribution is 2.11. The van der Waals surface area contributed by atoms with Crippen LogP contribution in [0.4, 0.5) is 5.69 Å². The lowest BCUT2D eigenvalue weighted by atomic mass is 10.2. The van der Waals surface area contributed by atoms with E-state index in [0.29, 0.717) is 11.4 Å². The summed E-state index contributed by atoms with van der Waals surface area (Å²) in [6, 6.07) is 8.98. The van der Waals surface area contributed by atoms with Gasteiger partial charge in [-0.05, 0) is 25.1 Å². The second-order valence-electron chi connectivity index (χ2n) is 4.40. The summed E-state index contributed by atoms with van der Waals surface area (Å²) >= 11 is 0. The van der Waals surface area contributed by atoms with Crippen LogP contribution in [0, 0.1) is 6.92 Å². The van der Waals surface area contributed by atoms with E-state index in [-0.39, 0.29) is 18.9 Å². The van der Waals surface area contributed by atoms with Gasteiger partial charge >= 0.3 is 5.97 Å². The van der Waals surface area contributed by atoms with E-state index in [1.165, 1.54) is 10.9 Å². The van der Waals surface area contributed by atoms with Crippen LogP contribution in [0.3, 0.4) is 0 Å². The molecule has 0 unspecified atom stereocenters. The second-order valence-corrected chi connectivity index (χ2v) is 4.40. The molecule has 0 saturated heterocycles. The van der Waals surface area contributed by atoms with E-state index in [0.717, 1.165) is 5.56 Å². The van der Waals surface area contributed by atoms with Crippen LogP contribution in [0.25, 0.3) is 0 Å². The number of carbonyl (C=O) groups is 2. The monoisotopic (exact) mass is 273 g/mol. The van der Waals surface area contributed by atoms with E-state index in [4.69, 9.17) is 5.11 Å². The molecule has 0 atom stereocenters. The van der Waals surface area contributed by atoms with Crippen molar-refractivity contribution in [2.24, 2.45) is 0 Å². The number of hydrogen-bond donors (Lipinski definition) is 2. The van der Waals surface area contributed by atoms with Gasteiger partial charge < -0.3 is 10.4 Å². The molecule has 0 spiro atoms. The number of nitrogens with zero attached hydrogens (tertiary/aromatic N) is 2. The van der Waals surface area contributed by atoms with Crippen molar-refractivity contribution in [3.8, 4) is 0 Å². The first-order valence-corrected chi connectivity index (χ1v) is 6.18. The molecule has 0 fully saturated rings. The lowest BCUT2D eigenvalue weighted by Crippen LogP contribution is -2.18. The van der Waals surface area contributed by atoms with Gasteiger partial charge in [0.25, 0.3) is 5.91 Å². The summed E-state index contributed by atoms with van der Waals surface area (Å²) in [7, 11) is 0. The molecule has 0 bridgehead atoms. The molecule has 104 valence electrons. The van der Waals surface area contributed by atoms with Crippen molar-refractivity contribution in [2.75, 3.05) is 5.32 Å². The Morgan fingerprint density at radius 1 is 1.25 bits per heavy atom. The summed E-state index contributed by atoms with van der Waals surface area (Å²) in [5, 5.41) is 15.4. The Balaban J connectivity index is 2.07. The largest absolute Gasteiger partial charge is 0.481 e. The predicted molar refractivity (Wildman–Crippen MR) is 73.6 cm³/mol. The third kappa shape index (κ3) is 3.44. The number of aromatic nitrogens is 2. The van der Waals surface area contributed by atoms with Gasteiger partial charge in [-0.2, -0.15) is 5.10 Å². The molecule has 0 aliphatic heterocycles. The van der Waals surface area contributed by atoms with Gasteiger partial charge in [0.15, 0.2) is 0 Å². The van der Waals surface area contributed by atoms with E-state index in [2.05, 4.69) is 10.4 Å². The Kier molecular flexibility index (Phi) is 4.14. The fourth-order valence-corrected chi connectivity index (χ4v) is 1.74. The molecule has 1 aromatic carbocycles. The van der Waals surface area contributed by atoms with Gasteiger partial charge in [0, 0.05) is 11.9 Å². The zero-order valence-corrected chi connectivity index (χ0v) is 11.0. The molecule has 2 N–H and O–H groups in total. The third-order valence-corrected chi connectivity index (χ3v) is 2.80.